The topological polar surface area (TPSA) is 81.4 Å². The summed E-state index contributed by atoms with van der Waals surface area (Å²) >= 11 is 0. The van der Waals surface area contributed by atoms with Crippen molar-refractivity contribution < 1.29 is 26.6 Å². The lowest BCUT2D eigenvalue weighted by atomic mass is 10.1. The van der Waals surface area contributed by atoms with Crippen molar-refractivity contribution in [3.63, 3.8) is 0 Å². The summed E-state index contributed by atoms with van der Waals surface area (Å²) in [5, 5.41) is 0. The Kier molecular flexibility index (Phi) is 10.2. The van der Waals surface area contributed by atoms with Crippen LogP contribution in [0.4, 0.5) is 0 Å². The van der Waals surface area contributed by atoms with Gasteiger partial charge < -0.3 is 32.3 Å². The fourth-order valence-electron chi connectivity index (χ4n) is 3.20. The van der Waals surface area contributed by atoms with Crippen LogP contribution in [0.1, 0.15) is 26.7 Å². The largest absolute Gasteiger partial charge is 0.505 e. The first-order valence-corrected chi connectivity index (χ1v) is 11.1. The quantitative estimate of drug-likeness (QED) is 0.533. The molecule has 0 aromatic carbocycles. The summed E-state index contributed by atoms with van der Waals surface area (Å²) in [5.74, 6) is 0. The molecule has 0 rings (SSSR count). The third kappa shape index (κ3) is 4.16. The Labute approximate surface area is 137 Å². The van der Waals surface area contributed by atoms with E-state index >= 15 is 0 Å². The number of nitrogens with two attached hydrogens (primary N) is 1. The van der Waals surface area contributed by atoms with E-state index in [2.05, 4.69) is 0 Å². The summed E-state index contributed by atoms with van der Waals surface area (Å²) < 4.78 is 33.8. The van der Waals surface area contributed by atoms with E-state index in [4.69, 9.17) is 32.3 Å². The maximum absolute atomic E-state index is 6.60. The van der Waals surface area contributed by atoms with Crippen LogP contribution in [-0.4, -0.2) is 66.3 Å². The SMILES string of the molecule is CCC(C(N)C(CC)[Si](OC)(OC)OC)[Si](OC)(OC)OC. The van der Waals surface area contributed by atoms with Gasteiger partial charge in [-0.1, -0.05) is 13.8 Å². The van der Waals surface area contributed by atoms with E-state index in [1.807, 2.05) is 13.8 Å². The second-order valence-electron chi connectivity index (χ2n) is 5.04. The van der Waals surface area contributed by atoms with Gasteiger partial charge in [-0.05, 0) is 12.8 Å². The normalized spacial score (nSPS) is 17.3. The second-order valence-corrected chi connectivity index (χ2v) is 11.4. The zero-order valence-corrected chi connectivity index (χ0v) is 17.2. The smallest absolute Gasteiger partial charge is 0.377 e. The van der Waals surface area contributed by atoms with Crippen molar-refractivity contribution in [1.29, 1.82) is 0 Å². The summed E-state index contributed by atoms with van der Waals surface area (Å²) in [6.45, 7) is 4.09. The Balaban J connectivity index is 5.67. The van der Waals surface area contributed by atoms with Crippen molar-refractivity contribution in [2.75, 3.05) is 42.7 Å². The molecule has 0 spiro atoms. The van der Waals surface area contributed by atoms with Gasteiger partial charge in [-0.3, -0.25) is 0 Å². The molecule has 0 amide bonds. The zero-order chi connectivity index (χ0) is 17.4. The molecule has 0 saturated carbocycles. The lowest BCUT2D eigenvalue weighted by molar-refractivity contribution is 0.0898. The molecule has 0 aliphatic carbocycles. The van der Waals surface area contributed by atoms with Crippen molar-refractivity contribution in [1.82, 2.24) is 0 Å². The molecule has 2 unspecified atom stereocenters. The van der Waals surface area contributed by atoms with Gasteiger partial charge in [0.15, 0.2) is 0 Å². The zero-order valence-electron chi connectivity index (χ0n) is 15.2. The summed E-state index contributed by atoms with van der Waals surface area (Å²) in [6, 6.07) is -0.284. The maximum Gasteiger partial charge on any atom is 0.505 e. The molecule has 0 aromatic heterocycles. The third-order valence-corrected chi connectivity index (χ3v) is 11.2. The lowest BCUT2D eigenvalue weighted by Crippen LogP contribution is -2.60. The van der Waals surface area contributed by atoms with Gasteiger partial charge >= 0.3 is 17.6 Å². The molecule has 0 heterocycles. The van der Waals surface area contributed by atoms with Gasteiger partial charge in [0.25, 0.3) is 0 Å². The van der Waals surface area contributed by atoms with E-state index in [-0.39, 0.29) is 17.1 Å². The fraction of sp³-hybridized carbons (Fsp3) is 1.00. The fourth-order valence-corrected chi connectivity index (χ4v) is 8.62. The molecule has 0 aromatic rings. The lowest BCUT2D eigenvalue weighted by Gasteiger charge is -2.42. The van der Waals surface area contributed by atoms with Crippen LogP contribution in [0.2, 0.25) is 11.1 Å². The highest BCUT2D eigenvalue weighted by atomic mass is 28.4. The van der Waals surface area contributed by atoms with Crippen LogP contribution in [-0.2, 0) is 26.6 Å². The minimum Gasteiger partial charge on any atom is -0.377 e. The molecule has 0 aliphatic rings. The first kappa shape index (κ1) is 22.2. The average molecular weight is 356 g/mol. The van der Waals surface area contributed by atoms with E-state index in [1.165, 1.54) is 0 Å². The molecule has 2 atom stereocenters. The summed E-state index contributed by atoms with van der Waals surface area (Å²) in [7, 11) is 3.85. The summed E-state index contributed by atoms with van der Waals surface area (Å²) in [4.78, 5) is 0. The van der Waals surface area contributed by atoms with Gasteiger partial charge in [0, 0.05) is 59.8 Å². The van der Waals surface area contributed by atoms with Crippen molar-refractivity contribution in [2.24, 2.45) is 5.73 Å². The molecule has 0 saturated heterocycles. The number of hydrogen-bond acceptors (Lipinski definition) is 7. The predicted molar refractivity (Wildman–Crippen MR) is 89.6 cm³/mol. The molecular formula is C13H33NO6Si2. The van der Waals surface area contributed by atoms with Crippen LogP contribution < -0.4 is 5.73 Å². The van der Waals surface area contributed by atoms with E-state index in [0.717, 1.165) is 12.8 Å². The highest BCUT2D eigenvalue weighted by Gasteiger charge is 2.57. The summed E-state index contributed by atoms with van der Waals surface area (Å²) in [5.41, 5.74) is 6.44. The van der Waals surface area contributed by atoms with Crippen LogP contribution in [0.3, 0.4) is 0 Å². The second kappa shape index (κ2) is 10.1. The Hall–Kier alpha value is 0.154. The van der Waals surface area contributed by atoms with E-state index in [0.29, 0.717) is 0 Å². The first-order valence-electron chi connectivity index (χ1n) is 7.48. The molecule has 0 fully saturated rings. The van der Waals surface area contributed by atoms with Crippen LogP contribution in [0.25, 0.3) is 0 Å². The van der Waals surface area contributed by atoms with E-state index in [9.17, 15) is 0 Å². The first-order chi connectivity index (χ1) is 10.4. The van der Waals surface area contributed by atoms with Crippen LogP contribution >= 0.6 is 0 Å². The van der Waals surface area contributed by atoms with Crippen molar-refractivity contribution in [3.05, 3.63) is 0 Å². The number of rotatable bonds is 12. The molecule has 134 valence electrons. The molecule has 9 heteroatoms. The minimum absolute atomic E-state index is 0.0789. The average Bonchev–Trinajstić information content (AvgIpc) is 2.57. The molecular weight excluding hydrogens is 322 g/mol. The Morgan fingerprint density at radius 1 is 0.636 bits per heavy atom. The molecule has 7 nitrogen and oxygen atoms in total. The van der Waals surface area contributed by atoms with Crippen molar-refractivity contribution >= 4 is 17.6 Å². The van der Waals surface area contributed by atoms with Crippen LogP contribution in [0.5, 0.6) is 0 Å². The molecule has 0 bridgehead atoms. The van der Waals surface area contributed by atoms with Gasteiger partial charge in [-0.25, -0.2) is 0 Å². The van der Waals surface area contributed by atoms with Crippen molar-refractivity contribution in [2.45, 2.75) is 43.8 Å². The highest BCUT2D eigenvalue weighted by Crippen LogP contribution is 2.40. The highest BCUT2D eigenvalue weighted by molar-refractivity contribution is 6.64. The summed E-state index contributed by atoms with van der Waals surface area (Å²) in [6.07, 6.45) is 1.53. The van der Waals surface area contributed by atoms with Gasteiger partial charge in [-0.15, -0.1) is 0 Å². The van der Waals surface area contributed by atoms with Crippen LogP contribution in [0.15, 0.2) is 0 Å². The van der Waals surface area contributed by atoms with Gasteiger partial charge in [0.1, 0.15) is 0 Å². The number of hydrogen-bond donors (Lipinski definition) is 1. The monoisotopic (exact) mass is 355 g/mol. The third-order valence-electron chi connectivity index (χ3n) is 4.42. The Morgan fingerprint density at radius 2 is 0.864 bits per heavy atom. The Morgan fingerprint density at radius 3 is 1.00 bits per heavy atom. The van der Waals surface area contributed by atoms with Crippen LogP contribution in [0, 0.1) is 0 Å². The van der Waals surface area contributed by atoms with Gasteiger partial charge in [-0.2, -0.15) is 0 Å². The Bertz CT molecular complexity index is 258. The standard InChI is InChI=1S/C13H33NO6Si2/c1-9-11(21(15-3,16-4)17-5)13(14)12(10-2)22(18-6,19-7)20-8/h11-13H,9-10,14H2,1-8H3. The van der Waals surface area contributed by atoms with Gasteiger partial charge in [0.05, 0.1) is 0 Å². The van der Waals surface area contributed by atoms with Gasteiger partial charge in [0.2, 0.25) is 0 Å². The van der Waals surface area contributed by atoms with E-state index < -0.39 is 17.6 Å². The predicted octanol–water partition coefficient (Wildman–Crippen LogP) is 1.63. The van der Waals surface area contributed by atoms with E-state index in [1.54, 1.807) is 42.7 Å². The minimum atomic E-state index is -2.88. The van der Waals surface area contributed by atoms with Crippen molar-refractivity contribution in [3.8, 4) is 0 Å². The maximum atomic E-state index is 6.60. The molecule has 0 radical (unpaired) electrons. The molecule has 22 heavy (non-hydrogen) atoms. The molecule has 2 N–H and O–H groups in total. The molecule has 0 aliphatic heterocycles.